The van der Waals surface area contributed by atoms with Gasteiger partial charge < -0.3 is 10.1 Å². The van der Waals surface area contributed by atoms with Gasteiger partial charge in [0, 0.05) is 5.56 Å². The third-order valence-corrected chi connectivity index (χ3v) is 5.40. The van der Waals surface area contributed by atoms with Gasteiger partial charge in [-0.25, -0.2) is 0 Å². The Hall–Kier alpha value is -2.38. The normalized spacial score (nSPS) is 10.5. The predicted molar refractivity (Wildman–Crippen MR) is 102 cm³/mol. The molecule has 1 aromatic heterocycles. The molecule has 0 bridgehead atoms. The second-order valence-corrected chi connectivity index (χ2v) is 7.48. The van der Waals surface area contributed by atoms with E-state index < -0.39 is 0 Å². The fourth-order valence-electron chi connectivity index (χ4n) is 2.19. The summed E-state index contributed by atoms with van der Waals surface area (Å²) in [5.41, 5.74) is 2.67. The molecule has 5 nitrogen and oxygen atoms in total. The lowest BCUT2D eigenvalue weighted by molar-refractivity contribution is 0.102. The molecule has 0 aliphatic rings. The van der Waals surface area contributed by atoms with E-state index in [1.54, 1.807) is 7.11 Å². The van der Waals surface area contributed by atoms with Crippen LogP contribution >= 0.6 is 23.1 Å². The second kappa shape index (κ2) is 8.13. The number of carbonyl (C=O) groups is 1. The number of ether oxygens (including phenoxy) is 1. The lowest BCUT2D eigenvalue weighted by atomic mass is 10.2. The highest BCUT2D eigenvalue weighted by molar-refractivity contribution is 8.01. The Labute approximate surface area is 154 Å². The van der Waals surface area contributed by atoms with E-state index in [9.17, 15) is 4.79 Å². The maximum Gasteiger partial charge on any atom is 0.210 e. The summed E-state index contributed by atoms with van der Waals surface area (Å²) in [6.45, 7) is 2.02. The molecule has 0 fully saturated rings. The van der Waals surface area contributed by atoms with Crippen molar-refractivity contribution in [1.29, 1.82) is 0 Å². The van der Waals surface area contributed by atoms with Crippen molar-refractivity contribution >= 4 is 39.7 Å². The molecule has 0 saturated carbocycles. The van der Waals surface area contributed by atoms with Crippen LogP contribution in [0.2, 0.25) is 0 Å². The fourth-order valence-corrected chi connectivity index (χ4v) is 3.85. The zero-order valence-corrected chi connectivity index (χ0v) is 15.5. The van der Waals surface area contributed by atoms with Crippen LogP contribution in [0.5, 0.6) is 5.75 Å². The van der Waals surface area contributed by atoms with Gasteiger partial charge in [-0.15, -0.1) is 10.2 Å². The molecule has 25 heavy (non-hydrogen) atoms. The monoisotopic (exact) mass is 371 g/mol. The SMILES string of the molecule is COc1ccc(C)cc1Nc1nnc(SCC(=O)c2ccccc2)s1. The van der Waals surface area contributed by atoms with Crippen LogP contribution in [0.3, 0.4) is 0 Å². The van der Waals surface area contributed by atoms with E-state index in [-0.39, 0.29) is 5.78 Å². The number of ketones is 1. The number of aryl methyl sites for hydroxylation is 1. The van der Waals surface area contributed by atoms with Gasteiger partial charge in [-0.3, -0.25) is 4.79 Å². The molecule has 0 radical (unpaired) electrons. The first-order valence-corrected chi connectivity index (χ1v) is 9.42. The van der Waals surface area contributed by atoms with Crippen LogP contribution in [0.1, 0.15) is 15.9 Å². The summed E-state index contributed by atoms with van der Waals surface area (Å²) in [7, 11) is 1.63. The molecular formula is C18H17N3O2S2. The van der Waals surface area contributed by atoms with E-state index in [0.29, 0.717) is 16.4 Å². The number of hydrogen-bond acceptors (Lipinski definition) is 7. The standard InChI is InChI=1S/C18H17N3O2S2/c1-12-8-9-16(23-2)14(10-12)19-17-20-21-18(25-17)24-11-15(22)13-6-4-3-5-7-13/h3-10H,11H2,1-2H3,(H,19,20). The number of methoxy groups -OCH3 is 1. The van der Waals surface area contributed by atoms with Gasteiger partial charge >= 0.3 is 0 Å². The molecule has 7 heteroatoms. The summed E-state index contributed by atoms with van der Waals surface area (Å²) in [5.74, 6) is 1.16. The number of aromatic nitrogens is 2. The fraction of sp³-hybridized carbons (Fsp3) is 0.167. The maximum absolute atomic E-state index is 12.1. The number of thioether (sulfide) groups is 1. The van der Waals surface area contributed by atoms with Crippen LogP contribution in [0.25, 0.3) is 0 Å². The molecule has 0 aliphatic heterocycles. The second-order valence-electron chi connectivity index (χ2n) is 5.28. The highest BCUT2D eigenvalue weighted by Gasteiger charge is 2.11. The summed E-state index contributed by atoms with van der Waals surface area (Å²) < 4.78 is 6.10. The molecule has 1 N–H and O–H groups in total. The highest BCUT2D eigenvalue weighted by atomic mass is 32.2. The Morgan fingerprint density at radius 2 is 2.00 bits per heavy atom. The minimum absolute atomic E-state index is 0.0793. The quantitative estimate of drug-likeness (QED) is 0.485. The Morgan fingerprint density at radius 1 is 1.20 bits per heavy atom. The Kier molecular flexibility index (Phi) is 5.67. The third kappa shape index (κ3) is 4.58. The minimum Gasteiger partial charge on any atom is -0.495 e. The Balaban J connectivity index is 1.63. The molecule has 0 amide bonds. The molecule has 2 aromatic carbocycles. The van der Waals surface area contributed by atoms with Crippen molar-refractivity contribution in [3.05, 3.63) is 59.7 Å². The Morgan fingerprint density at radius 3 is 2.76 bits per heavy atom. The van der Waals surface area contributed by atoms with Crippen molar-refractivity contribution in [2.45, 2.75) is 11.3 Å². The Bertz CT molecular complexity index is 866. The smallest absolute Gasteiger partial charge is 0.210 e. The number of Topliss-reactive ketones (excluding diaryl/α,β-unsaturated/α-hetero) is 1. The molecule has 1 heterocycles. The van der Waals surface area contributed by atoms with Crippen LogP contribution < -0.4 is 10.1 Å². The van der Waals surface area contributed by atoms with E-state index in [1.165, 1.54) is 23.1 Å². The molecule has 0 atom stereocenters. The molecular weight excluding hydrogens is 354 g/mol. The maximum atomic E-state index is 12.1. The van der Waals surface area contributed by atoms with Crippen LogP contribution in [0.15, 0.2) is 52.9 Å². The largest absolute Gasteiger partial charge is 0.495 e. The molecule has 0 aliphatic carbocycles. The van der Waals surface area contributed by atoms with E-state index in [4.69, 9.17) is 4.74 Å². The molecule has 3 aromatic rings. The van der Waals surface area contributed by atoms with Gasteiger partial charge in [0.15, 0.2) is 10.1 Å². The van der Waals surface area contributed by atoms with Crippen LogP contribution in [0, 0.1) is 6.92 Å². The average Bonchev–Trinajstić information content (AvgIpc) is 3.08. The molecule has 0 saturated heterocycles. The minimum atomic E-state index is 0.0793. The van der Waals surface area contributed by atoms with Gasteiger partial charge in [-0.1, -0.05) is 59.5 Å². The number of anilines is 2. The number of benzene rings is 2. The number of nitrogens with zero attached hydrogens (tertiary/aromatic N) is 2. The van der Waals surface area contributed by atoms with Crippen molar-refractivity contribution in [2.24, 2.45) is 0 Å². The lowest BCUT2D eigenvalue weighted by Gasteiger charge is -2.09. The van der Waals surface area contributed by atoms with E-state index in [2.05, 4.69) is 15.5 Å². The topological polar surface area (TPSA) is 64.1 Å². The predicted octanol–water partition coefficient (Wildman–Crippen LogP) is 4.57. The first-order chi connectivity index (χ1) is 12.2. The van der Waals surface area contributed by atoms with Crippen LogP contribution in [0.4, 0.5) is 10.8 Å². The number of carbonyl (C=O) groups excluding carboxylic acids is 1. The first-order valence-electron chi connectivity index (χ1n) is 7.62. The van der Waals surface area contributed by atoms with E-state index in [1.807, 2.05) is 55.5 Å². The van der Waals surface area contributed by atoms with Gasteiger partial charge in [-0.05, 0) is 24.6 Å². The summed E-state index contributed by atoms with van der Waals surface area (Å²) in [5, 5.41) is 12.2. The van der Waals surface area contributed by atoms with Crippen molar-refractivity contribution < 1.29 is 9.53 Å². The van der Waals surface area contributed by atoms with Crippen LogP contribution in [-0.4, -0.2) is 28.8 Å². The average molecular weight is 371 g/mol. The first kappa shape index (κ1) is 17.4. The summed E-state index contributed by atoms with van der Waals surface area (Å²) in [6, 6.07) is 15.1. The van der Waals surface area contributed by atoms with Crippen molar-refractivity contribution in [3.63, 3.8) is 0 Å². The lowest BCUT2D eigenvalue weighted by Crippen LogP contribution is -2.01. The summed E-state index contributed by atoms with van der Waals surface area (Å²) >= 11 is 2.80. The van der Waals surface area contributed by atoms with Crippen molar-refractivity contribution in [1.82, 2.24) is 10.2 Å². The van der Waals surface area contributed by atoms with Gasteiger partial charge in [0.2, 0.25) is 5.13 Å². The number of nitrogens with one attached hydrogen (secondary N) is 1. The number of rotatable bonds is 7. The van der Waals surface area contributed by atoms with Crippen molar-refractivity contribution in [2.75, 3.05) is 18.2 Å². The summed E-state index contributed by atoms with van der Waals surface area (Å²) in [4.78, 5) is 12.1. The number of hydrogen-bond donors (Lipinski definition) is 1. The van der Waals surface area contributed by atoms with Gasteiger partial charge in [0.05, 0.1) is 18.6 Å². The molecule has 3 rings (SSSR count). The van der Waals surface area contributed by atoms with E-state index in [0.717, 1.165) is 21.3 Å². The molecule has 0 spiro atoms. The highest BCUT2D eigenvalue weighted by Crippen LogP contribution is 2.32. The zero-order chi connectivity index (χ0) is 17.6. The van der Waals surface area contributed by atoms with Gasteiger partial charge in [0.1, 0.15) is 5.75 Å². The van der Waals surface area contributed by atoms with E-state index >= 15 is 0 Å². The van der Waals surface area contributed by atoms with Crippen LogP contribution in [-0.2, 0) is 0 Å². The van der Waals surface area contributed by atoms with Crippen molar-refractivity contribution in [3.8, 4) is 5.75 Å². The third-order valence-electron chi connectivity index (χ3n) is 3.43. The van der Waals surface area contributed by atoms with Gasteiger partial charge in [-0.2, -0.15) is 0 Å². The molecule has 128 valence electrons. The molecule has 0 unspecified atom stereocenters. The summed E-state index contributed by atoms with van der Waals surface area (Å²) in [6.07, 6.45) is 0. The van der Waals surface area contributed by atoms with Gasteiger partial charge in [0.25, 0.3) is 0 Å². The zero-order valence-electron chi connectivity index (χ0n) is 13.9.